The minimum absolute atomic E-state index is 0.266. The van der Waals surface area contributed by atoms with Crippen LogP contribution < -0.4 is 5.32 Å². The molecule has 0 radical (unpaired) electrons. The van der Waals surface area contributed by atoms with Gasteiger partial charge in [-0.1, -0.05) is 48.9 Å². The Morgan fingerprint density at radius 2 is 1.79 bits per heavy atom. The van der Waals surface area contributed by atoms with Crippen LogP contribution in [0.3, 0.4) is 0 Å². The third-order valence-electron chi connectivity index (χ3n) is 4.61. The van der Waals surface area contributed by atoms with Crippen LogP contribution in [0, 0.1) is 5.82 Å². The highest BCUT2D eigenvalue weighted by Gasteiger charge is 2.22. The first-order chi connectivity index (χ1) is 14.1. The van der Waals surface area contributed by atoms with E-state index in [1.165, 1.54) is 17.7 Å². The van der Waals surface area contributed by atoms with Crippen LogP contribution in [-0.2, 0) is 6.42 Å². The van der Waals surface area contributed by atoms with Crippen LogP contribution in [0.25, 0.3) is 11.5 Å². The maximum atomic E-state index is 13.6. The summed E-state index contributed by atoms with van der Waals surface area (Å²) in [6.45, 7) is 2.11. The Bertz CT molecular complexity index is 1110. The molecule has 146 valence electrons. The number of nitrogens with one attached hydrogen (secondary N) is 1. The summed E-state index contributed by atoms with van der Waals surface area (Å²) < 4.78 is 19.5. The predicted octanol–water partition coefficient (Wildman–Crippen LogP) is 6.29. The highest BCUT2D eigenvalue weighted by molar-refractivity contribution is 6.30. The van der Waals surface area contributed by atoms with Crippen LogP contribution in [-0.4, -0.2) is 10.2 Å². The van der Waals surface area contributed by atoms with E-state index in [1.54, 1.807) is 12.1 Å². The van der Waals surface area contributed by atoms with Crippen LogP contribution in [0.5, 0.6) is 0 Å². The summed E-state index contributed by atoms with van der Waals surface area (Å²) in [5, 5.41) is 12.5. The predicted molar refractivity (Wildman–Crippen MR) is 112 cm³/mol. The number of aryl methyl sites for hydroxylation is 1. The standard InChI is InChI=1S/C23H19ClFN3O/c1-2-15-5-3-8-20(13-15)26-21(16-9-11-18(24)12-10-16)23-28-27-22(29-23)17-6-4-7-19(25)14-17/h3-14,21,26H,2H2,1H3/t21-/m0/s1. The SMILES string of the molecule is CCc1cccc(N[C@@H](c2ccc(Cl)cc2)c2nnc(-c3cccc(F)c3)o2)c1. The summed E-state index contributed by atoms with van der Waals surface area (Å²) in [6.07, 6.45) is 0.936. The molecule has 1 N–H and O–H groups in total. The molecule has 0 bridgehead atoms. The van der Waals surface area contributed by atoms with E-state index >= 15 is 0 Å². The number of hydrogen-bond acceptors (Lipinski definition) is 4. The first-order valence-corrected chi connectivity index (χ1v) is 9.70. The van der Waals surface area contributed by atoms with Crippen molar-refractivity contribution in [2.24, 2.45) is 0 Å². The summed E-state index contributed by atoms with van der Waals surface area (Å²) >= 11 is 6.05. The largest absolute Gasteiger partial charge is 0.418 e. The van der Waals surface area contributed by atoms with Crippen molar-refractivity contribution in [3.05, 3.63) is 101 Å². The van der Waals surface area contributed by atoms with Crippen molar-refractivity contribution < 1.29 is 8.81 Å². The fourth-order valence-corrected chi connectivity index (χ4v) is 3.21. The van der Waals surface area contributed by atoms with Gasteiger partial charge in [0.1, 0.15) is 11.9 Å². The molecule has 0 fully saturated rings. The first-order valence-electron chi connectivity index (χ1n) is 9.32. The van der Waals surface area contributed by atoms with E-state index in [4.69, 9.17) is 16.0 Å². The topological polar surface area (TPSA) is 51.0 Å². The molecule has 1 aromatic heterocycles. The molecule has 4 nitrogen and oxygen atoms in total. The van der Waals surface area contributed by atoms with Gasteiger partial charge in [0.25, 0.3) is 0 Å². The number of benzene rings is 3. The van der Waals surface area contributed by atoms with E-state index in [0.29, 0.717) is 16.5 Å². The highest BCUT2D eigenvalue weighted by Crippen LogP contribution is 2.29. The molecule has 4 aromatic rings. The Morgan fingerprint density at radius 3 is 2.55 bits per heavy atom. The zero-order valence-electron chi connectivity index (χ0n) is 15.8. The summed E-state index contributed by atoms with van der Waals surface area (Å²) in [7, 11) is 0. The van der Waals surface area contributed by atoms with Gasteiger partial charge in [0.05, 0.1) is 0 Å². The fourth-order valence-electron chi connectivity index (χ4n) is 3.08. The number of nitrogens with zero attached hydrogens (tertiary/aromatic N) is 2. The quantitative estimate of drug-likeness (QED) is 0.408. The van der Waals surface area contributed by atoms with Crippen molar-refractivity contribution in [3.8, 4) is 11.5 Å². The molecule has 0 aliphatic heterocycles. The van der Waals surface area contributed by atoms with Crippen LogP contribution in [0.1, 0.15) is 30.0 Å². The van der Waals surface area contributed by atoms with Crippen molar-refractivity contribution in [1.29, 1.82) is 0 Å². The van der Waals surface area contributed by atoms with E-state index in [0.717, 1.165) is 17.7 Å². The molecule has 0 saturated heterocycles. The van der Waals surface area contributed by atoms with Crippen LogP contribution in [0.2, 0.25) is 5.02 Å². The lowest BCUT2D eigenvalue weighted by molar-refractivity contribution is 0.493. The van der Waals surface area contributed by atoms with Gasteiger partial charge in [-0.2, -0.15) is 0 Å². The number of rotatable bonds is 6. The molecule has 3 aromatic carbocycles. The zero-order valence-corrected chi connectivity index (χ0v) is 16.5. The normalized spacial score (nSPS) is 12.0. The molecule has 0 saturated carbocycles. The fraction of sp³-hybridized carbons (Fsp3) is 0.130. The Morgan fingerprint density at radius 1 is 1.00 bits per heavy atom. The molecule has 0 spiro atoms. The Balaban J connectivity index is 1.71. The Labute approximate surface area is 173 Å². The Hall–Kier alpha value is -3.18. The Kier molecular flexibility index (Phi) is 5.58. The molecule has 29 heavy (non-hydrogen) atoms. The van der Waals surface area contributed by atoms with Crippen LogP contribution >= 0.6 is 11.6 Å². The van der Waals surface area contributed by atoms with Crippen molar-refractivity contribution in [2.75, 3.05) is 5.32 Å². The zero-order chi connectivity index (χ0) is 20.2. The lowest BCUT2D eigenvalue weighted by Gasteiger charge is -2.17. The van der Waals surface area contributed by atoms with Gasteiger partial charge < -0.3 is 9.73 Å². The van der Waals surface area contributed by atoms with Crippen LogP contribution in [0.15, 0.2) is 77.2 Å². The summed E-state index contributed by atoms with van der Waals surface area (Å²) in [5.41, 5.74) is 3.61. The van der Waals surface area contributed by atoms with Crippen molar-refractivity contribution in [1.82, 2.24) is 10.2 Å². The summed E-state index contributed by atoms with van der Waals surface area (Å²) in [5.74, 6) is 0.294. The van der Waals surface area contributed by atoms with E-state index in [-0.39, 0.29) is 17.7 Å². The average molecular weight is 408 g/mol. The third kappa shape index (κ3) is 4.46. The lowest BCUT2D eigenvalue weighted by atomic mass is 10.1. The van der Waals surface area contributed by atoms with Gasteiger partial charge >= 0.3 is 0 Å². The molecule has 1 heterocycles. The second kappa shape index (κ2) is 8.45. The molecule has 4 rings (SSSR count). The number of anilines is 1. The molecule has 6 heteroatoms. The van der Waals surface area contributed by atoms with Gasteiger partial charge in [-0.3, -0.25) is 0 Å². The first kappa shape index (κ1) is 19.2. The van der Waals surface area contributed by atoms with Gasteiger partial charge in [-0.25, -0.2) is 4.39 Å². The second-order valence-corrected chi connectivity index (χ2v) is 7.08. The van der Waals surface area contributed by atoms with Crippen molar-refractivity contribution >= 4 is 17.3 Å². The van der Waals surface area contributed by atoms with Gasteiger partial charge in [0.2, 0.25) is 11.8 Å². The molecule has 0 aliphatic carbocycles. The molecule has 0 aliphatic rings. The minimum Gasteiger partial charge on any atom is -0.418 e. The molecular formula is C23H19ClFN3O. The minimum atomic E-state index is -0.380. The average Bonchev–Trinajstić information content (AvgIpc) is 3.23. The van der Waals surface area contributed by atoms with Crippen LogP contribution in [0.4, 0.5) is 10.1 Å². The monoisotopic (exact) mass is 407 g/mol. The number of hydrogen-bond donors (Lipinski definition) is 1. The molecular weight excluding hydrogens is 389 g/mol. The van der Waals surface area contributed by atoms with E-state index in [2.05, 4.69) is 34.6 Å². The maximum absolute atomic E-state index is 13.6. The smallest absolute Gasteiger partial charge is 0.247 e. The van der Waals surface area contributed by atoms with E-state index < -0.39 is 0 Å². The number of halogens is 2. The highest BCUT2D eigenvalue weighted by atomic mass is 35.5. The second-order valence-electron chi connectivity index (χ2n) is 6.64. The molecule has 1 atom stereocenters. The van der Waals surface area contributed by atoms with E-state index in [9.17, 15) is 4.39 Å². The van der Waals surface area contributed by atoms with Crippen molar-refractivity contribution in [3.63, 3.8) is 0 Å². The van der Waals surface area contributed by atoms with Gasteiger partial charge in [-0.05, 0) is 60.0 Å². The lowest BCUT2D eigenvalue weighted by Crippen LogP contribution is -2.13. The van der Waals surface area contributed by atoms with E-state index in [1.807, 2.05) is 36.4 Å². The molecule has 0 unspecified atom stereocenters. The molecule has 0 amide bonds. The van der Waals surface area contributed by atoms with Crippen molar-refractivity contribution in [2.45, 2.75) is 19.4 Å². The summed E-state index contributed by atoms with van der Waals surface area (Å²) in [6, 6.07) is 21.3. The maximum Gasteiger partial charge on any atom is 0.247 e. The van der Waals surface area contributed by atoms with Gasteiger partial charge in [-0.15, -0.1) is 10.2 Å². The van der Waals surface area contributed by atoms with Gasteiger partial charge in [0, 0.05) is 16.3 Å². The third-order valence-corrected chi connectivity index (χ3v) is 4.86. The van der Waals surface area contributed by atoms with Gasteiger partial charge in [0.15, 0.2) is 0 Å². The number of aromatic nitrogens is 2. The summed E-state index contributed by atoms with van der Waals surface area (Å²) in [4.78, 5) is 0.